The maximum Gasteiger partial charge on any atom is 0.194 e. The van der Waals surface area contributed by atoms with E-state index in [1.54, 1.807) is 0 Å². The summed E-state index contributed by atoms with van der Waals surface area (Å²) in [6.45, 7) is 0. The summed E-state index contributed by atoms with van der Waals surface area (Å²) in [5, 5.41) is 0. The van der Waals surface area contributed by atoms with Gasteiger partial charge in [-0.2, -0.15) is 0 Å². The van der Waals surface area contributed by atoms with Crippen molar-refractivity contribution in [1.29, 1.82) is 0 Å². The lowest BCUT2D eigenvalue weighted by molar-refractivity contribution is 0.417. The molecule has 0 bridgehead atoms. The minimum atomic E-state index is -1.47. The molecule has 1 aliphatic rings. The molecule has 0 saturated heterocycles. The first-order chi connectivity index (χ1) is 9.04. The van der Waals surface area contributed by atoms with E-state index in [2.05, 4.69) is 0 Å². The summed E-state index contributed by atoms with van der Waals surface area (Å²) in [5.41, 5.74) is 7.01. The van der Waals surface area contributed by atoms with Gasteiger partial charge in [0.2, 0.25) is 0 Å². The lowest BCUT2D eigenvalue weighted by atomic mass is 9.85. The third-order valence-electron chi connectivity index (χ3n) is 3.80. The smallest absolute Gasteiger partial charge is 0.194 e. The van der Waals surface area contributed by atoms with Gasteiger partial charge in [0.05, 0.1) is 5.54 Å². The monoisotopic (exact) mass is 263 g/mol. The van der Waals surface area contributed by atoms with Gasteiger partial charge in [0, 0.05) is 5.56 Å². The molecule has 1 unspecified atom stereocenters. The molecule has 0 aromatic heterocycles. The molecule has 2 aromatic carbocycles. The fourth-order valence-electron chi connectivity index (χ4n) is 2.79. The lowest BCUT2D eigenvalue weighted by Gasteiger charge is -2.26. The van der Waals surface area contributed by atoms with Crippen LogP contribution >= 0.6 is 0 Å². The average Bonchev–Trinajstić information content (AvgIpc) is 2.75. The predicted molar refractivity (Wildman–Crippen MR) is 66.0 cm³/mol. The Labute approximate surface area is 108 Å². The highest BCUT2D eigenvalue weighted by Crippen LogP contribution is 2.41. The van der Waals surface area contributed by atoms with Crippen LogP contribution in [0.5, 0.6) is 0 Å². The summed E-state index contributed by atoms with van der Waals surface area (Å²) in [6.07, 6.45) is 1.18. The molecule has 0 aliphatic heterocycles. The maximum atomic E-state index is 14.0. The Kier molecular flexibility index (Phi) is 2.64. The summed E-state index contributed by atoms with van der Waals surface area (Å²) in [4.78, 5) is 0. The third-order valence-corrected chi connectivity index (χ3v) is 3.80. The van der Waals surface area contributed by atoms with Crippen LogP contribution in [0.25, 0.3) is 0 Å². The first-order valence-electron chi connectivity index (χ1n) is 6.05. The normalized spacial score (nSPS) is 21.5. The van der Waals surface area contributed by atoms with E-state index in [4.69, 9.17) is 5.73 Å². The summed E-state index contributed by atoms with van der Waals surface area (Å²) in [6, 6.07) is 9.57. The van der Waals surface area contributed by atoms with Crippen LogP contribution in [-0.4, -0.2) is 0 Å². The van der Waals surface area contributed by atoms with Gasteiger partial charge in [0.1, 0.15) is 0 Å². The molecule has 0 saturated carbocycles. The molecule has 1 atom stereocenters. The van der Waals surface area contributed by atoms with Crippen LogP contribution in [0.2, 0.25) is 0 Å². The Morgan fingerprint density at radius 2 is 1.63 bits per heavy atom. The van der Waals surface area contributed by atoms with Crippen molar-refractivity contribution in [2.24, 2.45) is 5.73 Å². The zero-order chi connectivity index (χ0) is 13.6. The molecule has 1 nitrogen and oxygen atoms in total. The van der Waals surface area contributed by atoms with E-state index >= 15 is 0 Å². The second-order valence-electron chi connectivity index (χ2n) is 4.85. The van der Waals surface area contributed by atoms with Gasteiger partial charge in [-0.1, -0.05) is 30.3 Å². The van der Waals surface area contributed by atoms with E-state index in [0.29, 0.717) is 12.8 Å². The van der Waals surface area contributed by atoms with E-state index in [0.717, 1.165) is 17.2 Å². The van der Waals surface area contributed by atoms with Gasteiger partial charge in [-0.15, -0.1) is 0 Å². The zero-order valence-corrected chi connectivity index (χ0v) is 10.1. The van der Waals surface area contributed by atoms with E-state index in [1.165, 1.54) is 6.07 Å². The minimum absolute atomic E-state index is 0.0105. The standard InChI is InChI=1S/C15H12F3N/c16-12-6-5-11(13(17)14(12)18)15(19)8-7-9-3-1-2-4-10(9)15/h1-6H,7-8,19H2. The first kappa shape index (κ1) is 12.2. The molecule has 19 heavy (non-hydrogen) atoms. The van der Waals surface area contributed by atoms with Crippen molar-refractivity contribution in [3.05, 3.63) is 70.5 Å². The Hall–Kier alpha value is -1.81. The maximum absolute atomic E-state index is 14.0. The summed E-state index contributed by atoms with van der Waals surface area (Å²) in [5.74, 6) is -3.86. The molecular weight excluding hydrogens is 251 g/mol. The lowest BCUT2D eigenvalue weighted by Crippen LogP contribution is -2.36. The van der Waals surface area contributed by atoms with Crippen LogP contribution in [0.4, 0.5) is 13.2 Å². The molecular formula is C15H12F3N. The van der Waals surface area contributed by atoms with Gasteiger partial charge in [-0.3, -0.25) is 0 Å². The molecule has 0 heterocycles. The van der Waals surface area contributed by atoms with Crippen LogP contribution in [-0.2, 0) is 12.0 Å². The van der Waals surface area contributed by atoms with Crippen LogP contribution in [0.1, 0.15) is 23.1 Å². The topological polar surface area (TPSA) is 26.0 Å². The molecule has 1 aliphatic carbocycles. The first-order valence-corrected chi connectivity index (χ1v) is 6.05. The van der Waals surface area contributed by atoms with Crippen LogP contribution in [0.15, 0.2) is 36.4 Å². The molecule has 98 valence electrons. The van der Waals surface area contributed by atoms with E-state index in [1.807, 2.05) is 24.3 Å². The van der Waals surface area contributed by atoms with Crippen molar-refractivity contribution >= 4 is 0 Å². The SMILES string of the molecule is NC1(c2ccc(F)c(F)c2F)CCc2ccccc21. The number of rotatable bonds is 1. The number of fused-ring (bicyclic) bond motifs is 1. The van der Waals surface area contributed by atoms with Crippen molar-refractivity contribution in [3.63, 3.8) is 0 Å². The van der Waals surface area contributed by atoms with E-state index in [9.17, 15) is 13.2 Å². The Morgan fingerprint density at radius 1 is 0.895 bits per heavy atom. The molecule has 0 radical (unpaired) electrons. The Balaban J connectivity index is 2.21. The molecule has 0 amide bonds. The van der Waals surface area contributed by atoms with E-state index < -0.39 is 23.0 Å². The van der Waals surface area contributed by atoms with Crippen molar-refractivity contribution < 1.29 is 13.2 Å². The van der Waals surface area contributed by atoms with Crippen LogP contribution in [0, 0.1) is 17.5 Å². The highest BCUT2D eigenvalue weighted by Gasteiger charge is 2.39. The fourth-order valence-corrected chi connectivity index (χ4v) is 2.79. The molecule has 2 N–H and O–H groups in total. The number of hydrogen-bond acceptors (Lipinski definition) is 1. The number of hydrogen-bond donors (Lipinski definition) is 1. The summed E-state index contributed by atoms with van der Waals surface area (Å²) >= 11 is 0. The van der Waals surface area contributed by atoms with Crippen molar-refractivity contribution in [2.45, 2.75) is 18.4 Å². The molecule has 0 fully saturated rings. The van der Waals surface area contributed by atoms with Crippen LogP contribution < -0.4 is 5.73 Å². The highest BCUT2D eigenvalue weighted by molar-refractivity contribution is 5.47. The summed E-state index contributed by atoms with van der Waals surface area (Å²) in [7, 11) is 0. The van der Waals surface area contributed by atoms with Gasteiger partial charge >= 0.3 is 0 Å². The third kappa shape index (κ3) is 1.67. The Morgan fingerprint density at radius 3 is 2.42 bits per heavy atom. The molecule has 2 aromatic rings. The summed E-state index contributed by atoms with van der Waals surface area (Å²) < 4.78 is 40.4. The molecule has 0 spiro atoms. The van der Waals surface area contributed by atoms with Crippen molar-refractivity contribution in [1.82, 2.24) is 0 Å². The van der Waals surface area contributed by atoms with Crippen molar-refractivity contribution in [3.8, 4) is 0 Å². The highest BCUT2D eigenvalue weighted by atomic mass is 19.2. The fraction of sp³-hybridized carbons (Fsp3) is 0.200. The molecule has 3 rings (SSSR count). The van der Waals surface area contributed by atoms with Crippen LogP contribution in [0.3, 0.4) is 0 Å². The molecule has 4 heteroatoms. The second-order valence-corrected chi connectivity index (χ2v) is 4.85. The predicted octanol–water partition coefficient (Wildman–Crippen LogP) is 3.25. The largest absolute Gasteiger partial charge is 0.318 e. The zero-order valence-electron chi connectivity index (χ0n) is 10.1. The van der Waals surface area contributed by atoms with E-state index in [-0.39, 0.29) is 5.56 Å². The number of halogens is 3. The average molecular weight is 263 g/mol. The van der Waals surface area contributed by atoms with Gasteiger partial charge in [0.25, 0.3) is 0 Å². The number of aryl methyl sites for hydroxylation is 1. The second kappa shape index (κ2) is 4.10. The quantitative estimate of drug-likeness (QED) is 0.785. The van der Waals surface area contributed by atoms with Gasteiger partial charge in [-0.05, 0) is 30.0 Å². The minimum Gasteiger partial charge on any atom is -0.318 e. The number of benzene rings is 2. The van der Waals surface area contributed by atoms with Gasteiger partial charge in [0.15, 0.2) is 17.5 Å². The Bertz CT molecular complexity index is 654. The number of nitrogens with two attached hydrogens (primary N) is 1. The van der Waals surface area contributed by atoms with Gasteiger partial charge in [-0.25, -0.2) is 13.2 Å². The van der Waals surface area contributed by atoms with Crippen molar-refractivity contribution in [2.75, 3.05) is 0 Å². The van der Waals surface area contributed by atoms with Gasteiger partial charge < -0.3 is 5.73 Å².